The van der Waals surface area contributed by atoms with Crippen LogP contribution in [0.15, 0.2) is 36.4 Å². The van der Waals surface area contributed by atoms with Crippen molar-refractivity contribution in [1.82, 2.24) is 4.98 Å². The summed E-state index contributed by atoms with van der Waals surface area (Å²) in [6, 6.07) is 8.64. The SMILES string of the molecule is CC(F)(F)c1nc(Oc2ccccc2)c(C(N)=O)cc1F. The second-order valence-corrected chi connectivity index (χ2v) is 4.34. The first kappa shape index (κ1) is 14.8. The van der Waals surface area contributed by atoms with Gasteiger partial charge in [0.15, 0.2) is 5.82 Å². The van der Waals surface area contributed by atoms with Crippen LogP contribution < -0.4 is 10.5 Å². The van der Waals surface area contributed by atoms with Crippen LogP contribution in [0.5, 0.6) is 11.6 Å². The topological polar surface area (TPSA) is 65.2 Å². The van der Waals surface area contributed by atoms with Gasteiger partial charge in [0.1, 0.15) is 17.0 Å². The number of rotatable bonds is 4. The minimum Gasteiger partial charge on any atom is -0.438 e. The van der Waals surface area contributed by atoms with Crippen LogP contribution in [-0.2, 0) is 5.92 Å². The number of nitrogens with two attached hydrogens (primary N) is 1. The third kappa shape index (κ3) is 3.31. The van der Waals surface area contributed by atoms with Gasteiger partial charge in [0.25, 0.3) is 11.8 Å². The van der Waals surface area contributed by atoms with Gasteiger partial charge in [-0.1, -0.05) is 18.2 Å². The van der Waals surface area contributed by atoms with Gasteiger partial charge in [-0.2, -0.15) is 8.78 Å². The molecule has 0 unspecified atom stereocenters. The number of alkyl halides is 2. The highest BCUT2D eigenvalue weighted by molar-refractivity contribution is 5.95. The molecular formula is C14H11F3N2O2. The molecule has 0 fully saturated rings. The highest BCUT2D eigenvalue weighted by Crippen LogP contribution is 2.32. The van der Waals surface area contributed by atoms with Gasteiger partial charge in [-0.25, -0.2) is 9.37 Å². The molecule has 1 aromatic heterocycles. The van der Waals surface area contributed by atoms with Crippen molar-refractivity contribution in [3.05, 3.63) is 53.5 Å². The zero-order chi connectivity index (χ0) is 15.6. The van der Waals surface area contributed by atoms with E-state index < -0.39 is 34.8 Å². The second-order valence-electron chi connectivity index (χ2n) is 4.34. The quantitative estimate of drug-likeness (QED) is 0.942. The van der Waals surface area contributed by atoms with E-state index in [-0.39, 0.29) is 5.75 Å². The summed E-state index contributed by atoms with van der Waals surface area (Å²) in [4.78, 5) is 14.7. The maximum absolute atomic E-state index is 13.6. The van der Waals surface area contributed by atoms with Gasteiger partial charge >= 0.3 is 0 Å². The van der Waals surface area contributed by atoms with Crippen LogP contribution >= 0.6 is 0 Å². The molecule has 0 aliphatic carbocycles. The predicted octanol–water partition coefficient (Wildman–Crippen LogP) is 3.22. The molecule has 0 saturated carbocycles. The number of benzene rings is 1. The van der Waals surface area contributed by atoms with Crippen molar-refractivity contribution >= 4 is 5.91 Å². The summed E-state index contributed by atoms with van der Waals surface area (Å²) in [6.45, 7) is 0.495. The lowest BCUT2D eigenvalue weighted by molar-refractivity contribution is 0.00819. The molecule has 4 nitrogen and oxygen atoms in total. The Kier molecular flexibility index (Phi) is 3.84. The van der Waals surface area contributed by atoms with Crippen molar-refractivity contribution in [2.75, 3.05) is 0 Å². The Morgan fingerprint density at radius 1 is 1.29 bits per heavy atom. The zero-order valence-electron chi connectivity index (χ0n) is 10.9. The fourth-order valence-electron chi connectivity index (χ4n) is 1.63. The monoisotopic (exact) mass is 296 g/mol. The Bertz CT molecular complexity index is 670. The molecular weight excluding hydrogens is 285 g/mol. The number of nitrogens with zero attached hydrogens (tertiary/aromatic N) is 1. The number of hydrogen-bond donors (Lipinski definition) is 1. The Hall–Kier alpha value is -2.57. The normalized spacial score (nSPS) is 11.2. The summed E-state index contributed by atoms with van der Waals surface area (Å²) in [5.74, 6) is -6.08. The summed E-state index contributed by atoms with van der Waals surface area (Å²) >= 11 is 0. The minimum absolute atomic E-state index is 0.254. The van der Waals surface area contributed by atoms with Crippen LogP contribution in [0.1, 0.15) is 23.0 Å². The van der Waals surface area contributed by atoms with Crippen LogP contribution in [0.25, 0.3) is 0 Å². The van der Waals surface area contributed by atoms with Gasteiger partial charge in [-0.05, 0) is 18.2 Å². The van der Waals surface area contributed by atoms with E-state index in [1.54, 1.807) is 18.2 Å². The van der Waals surface area contributed by atoms with Crippen molar-refractivity contribution in [2.45, 2.75) is 12.8 Å². The molecule has 0 bridgehead atoms. The number of primary amides is 1. The van der Waals surface area contributed by atoms with E-state index in [4.69, 9.17) is 10.5 Å². The molecule has 0 aliphatic heterocycles. The average Bonchev–Trinajstić information content (AvgIpc) is 2.40. The van der Waals surface area contributed by atoms with Crippen LogP contribution in [0.3, 0.4) is 0 Å². The van der Waals surface area contributed by atoms with Crippen molar-refractivity contribution in [2.24, 2.45) is 5.73 Å². The average molecular weight is 296 g/mol. The smallest absolute Gasteiger partial charge is 0.290 e. The molecule has 0 aliphatic rings. The van der Waals surface area contributed by atoms with E-state index in [2.05, 4.69) is 4.98 Å². The Morgan fingerprint density at radius 2 is 1.90 bits per heavy atom. The van der Waals surface area contributed by atoms with Crippen molar-refractivity contribution in [3.63, 3.8) is 0 Å². The van der Waals surface area contributed by atoms with Gasteiger partial charge < -0.3 is 10.5 Å². The number of pyridine rings is 1. The lowest BCUT2D eigenvalue weighted by Gasteiger charge is -2.14. The molecule has 0 saturated heterocycles. The fourth-order valence-corrected chi connectivity index (χ4v) is 1.63. The largest absolute Gasteiger partial charge is 0.438 e. The molecule has 21 heavy (non-hydrogen) atoms. The number of amides is 1. The summed E-state index contributed by atoms with van der Waals surface area (Å²) in [5.41, 5.74) is 3.56. The number of para-hydroxylation sites is 1. The first-order valence-corrected chi connectivity index (χ1v) is 5.90. The number of carbonyl (C=O) groups excluding carboxylic acids is 1. The molecule has 2 rings (SSSR count). The van der Waals surface area contributed by atoms with E-state index in [0.717, 1.165) is 0 Å². The van der Waals surface area contributed by atoms with Gasteiger partial charge in [-0.15, -0.1) is 0 Å². The predicted molar refractivity (Wildman–Crippen MR) is 68.8 cm³/mol. The minimum atomic E-state index is -3.52. The van der Waals surface area contributed by atoms with Crippen LogP contribution in [-0.4, -0.2) is 10.9 Å². The maximum Gasteiger partial charge on any atom is 0.290 e. The Balaban J connectivity index is 2.54. The number of aromatic nitrogens is 1. The molecule has 110 valence electrons. The Labute approximate surface area is 118 Å². The zero-order valence-corrected chi connectivity index (χ0v) is 10.9. The van der Waals surface area contributed by atoms with Gasteiger partial charge in [0.05, 0.1) is 0 Å². The van der Waals surface area contributed by atoms with E-state index in [0.29, 0.717) is 13.0 Å². The molecule has 2 N–H and O–H groups in total. The number of ether oxygens (including phenoxy) is 1. The van der Waals surface area contributed by atoms with Crippen molar-refractivity contribution in [1.29, 1.82) is 0 Å². The fraction of sp³-hybridized carbons (Fsp3) is 0.143. The van der Waals surface area contributed by atoms with E-state index in [1.807, 2.05) is 0 Å². The molecule has 1 heterocycles. The van der Waals surface area contributed by atoms with Crippen LogP contribution in [0.4, 0.5) is 13.2 Å². The lowest BCUT2D eigenvalue weighted by atomic mass is 10.1. The molecule has 0 atom stereocenters. The third-order valence-corrected chi connectivity index (χ3v) is 2.58. The molecule has 1 aromatic carbocycles. The van der Waals surface area contributed by atoms with E-state index in [1.165, 1.54) is 12.1 Å². The Morgan fingerprint density at radius 3 is 2.43 bits per heavy atom. The highest BCUT2D eigenvalue weighted by atomic mass is 19.3. The van der Waals surface area contributed by atoms with Gasteiger partial charge in [-0.3, -0.25) is 4.79 Å². The summed E-state index contributed by atoms with van der Waals surface area (Å²) in [6.07, 6.45) is 0. The van der Waals surface area contributed by atoms with Crippen molar-refractivity contribution < 1.29 is 22.7 Å². The first-order chi connectivity index (χ1) is 9.79. The summed E-state index contributed by atoms with van der Waals surface area (Å²) < 4.78 is 45.5. The van der Waals surface area contributed by atoms with Crippen LogP contribution in [0, 0.1) is 5.82 Å². The van der Waals surface area contributed by atoms with Gasteiger partial charge in [0, 0.05) is 6.92 Å². The molecule has 1 amide bonds. The van der Waals surface area contributed by atoms with E-state index in [9.17, 15) is 18.0 Å². The van der Waals surface area contributed by atoms with Crippen LogP contribution in [0.2, 0.25) is 0 Å². The van der Waals surface area contributed by atoms with E-state index >= 15 is 0 Å². The highest BCUT2D eigenvalue weighted by Gasteiger charge is 2.32. The number of halogens is 3. The summed E-state index contributed by atoms with van der Waals surface area (Å²) in [7, 11) is 0. The molecule has 0 spiro atoms. The molecule has 7 heteroatoms. The third-order valence-electron chi connectivity index (χ3n) is 2.58. The van der Waals surface area contributed by atoms with Gasteiger partial charge in [0.2, 0.25) is 5.88 Å². The summed E-state index contributed by atoms with van der Waals surface area (Å²) in [5, 5.41) is 0. The lowest BCUT2D eigenvalue weighted by Crippen LogP contribution is -2.18. The van der Waals surface area contributed by atoms with Crippen molar-refractivity contribution in [3.8, 4) is 11.6 Å². The standard InChI is InChI=1S/C14H11F3N2O2/c1-14(16,17)11-10(15)7-9(12(18)20)13(19-11)21-8-5-3-2-4-6-8/h2-7H,1H3,(H2,18,20). The molecule has 0 radical (unpaired) electrons. The number of carbonyl (C=O) groups is 1. The maximum atomic E-state index is 13.6. The number of hydrogen-bond acceptors (Lipinski definition) is 3. The molecule has 2 aromatic rings. The first-order valence-electron chi connectivity index (χ1n) is 5.90. The second kappa shape index (κ2) is 5.43.